The summed E-state index contributed by atoms with van der Waals surface area (Å²) in [6, 6.07) is 9.79. The van der Waals surface area contributed by atoms with Gasteiger partial charge in [-0.25, -0.2) is 0 Å². The van der Waals surface area contributed by atoms with Crippen LogP contribution in [0.15, 0.2) is 45.6 Å². The number of amides is 1. The summed E-state index contributed by atoms with van der Waals surface area (Å²) in [4.78, 5) is 20.1. The first-order valence-electron chi connectivity index (χ1n) is 5.85. The number of hydrogen-bond acceptors (Lipinski definition) is 4. The van der Waals surface area contributed by atoms with Crippen LogP contribution in [0.2, 0.25) is 0 Å². The lowest BCUT2D eigenvalue weighted by molar-refractivity contribution is -0.116. The first kappa shape index (κ1) is 12.4. The molecule has 0 atom stereocenters. The number of carbonyl (C=O) groups is 1. The molecule has 0 spiro atoms. The second kappa shape index (κ2) is 4.83. The average molecular weight is 288 g/mol. The summed E-state index contributed by atoms with van der Waals surface area (Å²) in [5.41, 5.74) is 2.72. The lowest BCUT2D eigenvalue weighted by Crippen LogP contribution is -2.27. The molecule has 1 aromatic heterocycles. The zero-order valence-electron chi connectivity index (χ0n) is 10.3. The van der Waals surface area contributed by atoms with E-state index >= 15 is 0 Å². The van der Waals surface area contributed by atoms with Gasteiger partial charge in [-0.15, -0.1) is 24.0 Å². The van der Waals surface area contributed by atoms with Gasteiger partial charge in [0, 0.05) is 17.5 Å². The van der Waals surface area contributed by atoms with Gasteiger partial charge in [0.2, 0.25) is 5.91 Å². The molecule has 0 aliphatic carbocycles. The van der Waals surface area contributed by atoms with Crippen LogP contribution >= 0.6 is 24.0 Å². The van der Waals surface area contributed by atoms with E-state index in [1.165, 1.54) is 0 Å². The van der Waals surface area contributed by atoms with Crippen LogP contribution in [0.5, 0.6) is 0 Å². The standard InChI is InChI=1S/C14H12N2OS2/c1-16-11-5-4-9(18)7-10(11)14(15-8-13(16)17)12-3-2-6-19-12/h2-7,18H,8H2,1H3. The van der Waals surface area contributed by atoms with Gasteiger partial charge in [-0.1, -0.05) is 6.07 Å². The van der Waals surface area contributed by atoms with Crippen LogP contribution in [-0.4, -0.2) is 25.2 Å². The minimum atomic E-state index is -0.000259. The first-order valence-corrected chi connectivity index (χ1v) is 7.18. The van der Waals surface area contributed by atoms with E-state index in [-0.39, 0.29) is 12.5 Å². The van der Waals surface area contributed by atoms with E-state index in [1.807, 2.05) is 35.7 Å². The fourth-order valence-corrected chi connectivity index (χ4v) is 3.05. The zero-order valence-corrected chi connectivity index (χ0v) is 12.0. The Morgan fingerprint density at radius 3 is 2.95 bits per heavy atom. The van der Waals surface area contributed by atoms with Crippen LogP contribution in [0.4, 0.5) is 5.69 Å². The molecule has 3 rings (SSSR count). The van der Waals surface area contributed by atoms with Crippen molar-refractivity contribution in [3.63, 3.8) is 0 Å². The lowest BCUT2D eigenvalue weighted by atomic mass is 10.1. The van der Waals surface area contributed by atoms with Crippen molar-refractivity contribution < 1.29 is 4.79 Å². The summed E-state index contributed by atoms with van der Waals surface area (Å²) in [5, 5.41) is 2.01. The molecule has 2 aromatic rings. The number of thiophene rings is 1. The van der Waals surface area contributed by atoms with Gasteiger partial charge in [-0.2, -0.15) is 0 Å². The molecule has 1 aliphatic heterocycles. The molecule has 0 fully saturated rings. The van der Waals surface area contributed by atoms with Gasteiger partial charge < -0.3 is 4.90 Å². The lowest BCUT2D eigenvalue weighted by Gasteiger charge is -2.17. The minimum Gasteiger partial charge on any atom is -0.313 e. The zero-order chi connectivity index (χ0) is 13.4. The minimum absolute atomic E-state index is 0.000259. The van der Waals surface area contributed by atoms with E-state index in [4.69, 9.17) is 0 Å². The summed E-state index contributed by atoms with van der Waals surface area (Å²) in [6.07, 6.45) is 0. The number of thiol groups is 1. The van der Waals surface area contributed by atoms with Crippen LogP contribution in [0.3, 0.4) is 0 Å². The molecule has 0 saturated carbocycles. The third-order valence-electron chi connectivity index (χ3n) is 3.10. The van der Waals surface area contributed by atoms with Gasteiger partial charge in [0.1, 0.15) is 6.54 Å². The molecule has 96 valence electrons. The second-order valence-corrected chi connectivity index (χ2v) is 5.76. The highest BCUT2D eigenvalue weighted by molar-refractivity contribution is 7.80. The Bertz CT molecular complexity index is 662. The Kier molecular flexibility index (Phi) is 3.16. The van der Waals surface area contributed by atoms with Gasteiger partial charge in [0.25, 0.3) is 0 Å². The van der Waals surface area contributed by atoms with E-state index in [0.29, 0.717) is 0 Å². The van der Waals surface area contributed by atoms with Gasteiger partial charge in [0.15, 0.2) is 0 Å². The molecular formula is C14H12N2OS2. The van der Waals surface area contributed by atoms with Crippen LogP contribution < -0.4 is 4.90 Å². The number of carbonyl (C=O) groups excluding carboxylic acids is 1. The topological polar surface area (TPSA) is 32.7 Å². The summed E-state index contributed by atoms with van der Waals surface area (Å²) in [5.74, 6) is -0.000259. The van der Waals surface area contributed by atoms with Crippen LogP contribution in [-0.2, 0) is 4.79 Å². The number of anilines is 1. The number of benzene rings is 1. The maximum absolute atomic E-state index is 12.0. The Hall–Kier alpha value is -1.59. The highest BCUT2D eigenvalue weighted by atomic mass is 32.1. The van der Waals surface area contributed by atoms with E-state index < -0.39 is 0 Å². The Labute approximate surface area is 121 Å². The SMILES string of the molecule is CN1C(=O)CN=C(c2cccs2)c2cc(S)ccc21. The molecule has 19 heavy (non-hydrogen) atoms. The second-order valence-electron chi connectivity index (χ2n) is 4.30. The number of nitrogens with zero attached hydrogens (tertiary/aromatic N) is 2. The molecule has 1 aliphatic rings. The number of likely N-dealkylation sites (N-methyl/N-ethyl adjacent to an activating group) is 1. The van der Waals surface area contributed by atoms with Crippen molar-refractivity contribution in [1.29, 1.82) is 0 Å². The quantitative estimate of drug-likeness (QED) is 0.804. The number of benzodiazepines with no additional fused rings is 1. The molecule has 2 heterocycles. The molecule has 0 saturated heterocycles. The van der Waals surface area contributed by atoms with Gasteiger partial charge >= 0.3 is 0 Å². The predicted molar refractivity (Wildman–Crippen MR) is 81.9 cm³/mol. The molecule has 0 bridgehead atoms. The van der Waals surface area contributed by atoms with E-state index in [2.05, 4.69) is 17.6 Å². The van der Waals surface area contributed by atoms with Gasteiger partial charge in [-0.05, 0) is 29.6 Å². The fraction of sp³-hybridized carbons (Fsp3) is 0.143. The molecule has 3 nitrogen and oxygen atoms in total. The normalized spacial score (nSPS) is 14.9. The number of hydrogen-bond donors (Lipinski definition) is 1. The monoisotopic (exact) mass is 288 g/mol. The van der Waals surface area contributed by atoms with Crippen LogP contribution in [0, 0.1) is 0 Å². The Morgan fingerprint density at radius 1 is 1.37 bits per heavy atom. The molecule has 1 aromatic carbocycles. The third kappa shape index (κ3) is 2.19. The van der Waals surface area contributed by atoms with Crippen molar-refractivity contribution in [1.82, 2.24) is 0 Å². The molecular weight excluding hydrogens is 276 g/mol. The first-order chi connectivity index (χ1) is 9.16. The van der Waals surface area contributed by atoms with Gasteiger partial charge in [-0.3, -0.25) is 9.79 Å². The highest BCUT2D eigenvalue weighted by Crippen LogP contribution is 2.29. The number of fused-ring (bicyclic) bond motifs is 1. The van der Waals surface area contributed by atoms with Crippen LogP contribution in [0.25, 0.3) is 0 Å². The molecule has 5 heteroatoms. The predicted octanol–water partition coefficient (Wildman–Crippen LogP) is 2.85. The van der Waals surface area contributed by atoms with Crippen LogP contribution in [0.1, 0.15) is 10.4 Å². The van der Waals surface area contributed by atoms with E-state index in [1.54, 1.807) is 23.3 Å². The fourth-order valence-electron chi connectivity index (χ4n) is 2.10. The molecule has 0 radical (unpaired) electrons. The molecule has 0 unspecified atom stereocenters. The summed E-state index contributed by atoms with van der Waals surface area (Å²) in [6.45, 7) is 0.181. The number of aliphatic imine (C=N–C) groups is 1. The van der Waals surface area contributed by atoms with Crippen molar-refractivity contribution in [3.8, 4) is 0 Å². The smallest absolute Gasteiger partial charge is 0.248 e. The largest absolute Gasteiger partial charge is 0.313 e. The Morgan fingerprint density at radius 2 is 2.21 bits per heavy atom. The van der Waals surface area contributed by atoms with Crippen molar-refractivity contribution in [3.05, 3.63) is 46.2 Å². The highest BCUT2D eigenvalue weighted by Gasteiger charge is 2.22. The van der Waals surface area contributed by atoms with Crippen molar-refractivity contribution in [2.45, 2.75) is 4.90 Å². The summed E-state index contributed by atoms with van der Waals surface area (Å²) >= 11 is 6.01. The third-order valence-corrected chi connectivity index (χ3v) is 4.25. The maximum Gasteiger partial charge on any atom is 0.248 e. The summed E-state index contributed by atoms with van der Waals surface area (Å²) < 4.78 is 0. The van der Waals surface area contributed by atoms with E-state index in [0.717, 1.165) is 26.7 Å². The van der Waals surface area contributed by atoms with Crippen molar-refractivity contribution >= 4 is 41.3 Å². The molecule has 1 amide bonds. The molecule has 0 N–H and O–H groups in total. The average Bonchev–Trinajstić information content (AvgIpc) is 2.88. The van der Waals surface area contributed by atoms with E-state index in [9.17, 15) is 4.79 Å². The maximum atomic E-state index is 12.0. The van der Waals surface area contributed by atoms with Crippen molar-refractivity contribution in [2.24, 2.45) is 4.99 Å². The summed E-state index contributed by atoms with van der Waals surface area (Å²) in [7, 11) is 1.78. The van der Waals surface area contributed by atoms with Crippen molar-refractivity contribution in [2.75, 3.05) is 18.5 Å². The van der Waals surface area contributed by atoms with Gasteiger partial charge in [0.05, 0.1) is 16.3 Å². The Balaban J connectivity index is 2.24. The number of rotatable bonds is 1.